The molecule has 0 aromatic carbocycles. The van der Waals surface area contributed by atoms with Gasteiger partial charge in [-0.25, -0.2) is 4.79 Å². The van der Waals surface area contributed by atoms with E-state index in [0.717, 1.165) is 50.5 Å². The second-order valence-corrected chi connectivity index (χ2v) is 14.1. The van der Waals surface area contributed by atoms with Crippen LogP contribution < -0.4 is 0 Å². The molecule has 2 aliphatic heterocycles. The molecule has 0 radical (unpaired) electrons. The Morgan fingerprint density at radius 2 is 1.85 bits per heavy atom. The largest absolute Gasteiger partial charge is 0.462 e. The predicted molar refractivity (Wildman–Crippen MR) is 146 cm³/mol. The Morgan fingerprint density at radius 3 is 2.54 bits per heavy atom. The van der Waals surface area contributed by atoms with Crippen molar-refractivity contribution in [2.24, 2.45) is 34.5 Å². The molecule has 0 amide bonds. The van der Waals surface area contributed by atoms with Crippen molar-refractivity contribution in [3.05, 3.63) is 11.6 Å². The van der Waals surface area contributed by atoms with E-state index in [2.05, 4.69) is 13.8 Å². The third-order valence-corrected chi connectivity index (χ3v) is 12.3. The van der Waals surface area contributed by atoms with Crippen molar-refractivity contribution in [2.45, 2.75) is 122 Å². The van der Waals surface area contributed by atoms with Crippen molar-refractivity contribution < 1.29 is 43.2 Å². The molecule has 0 aromatic heterocycles. The summed E-state index contributed by atoms with van der Waals surface area (Å²) in [5.41, 5.74) is -0.594. The average Bonchev–Trinajstić information content (AvgIpc) is 3.42. The van der Waals surface area contributed by atoms with Gasteiger partial charge in [-0.1, -0.05) is 13.8 Å². The number of fused-ring (bicyclic) bond motifs is 5. The van der Waals surface area contributed by atoms with Crippen molar-refractivity contribution in [3.8, 4) is 0 Å². The Bertz CT molecular complexity index is 1120. The number of carbonyl (C=O) groups is 3. The predicted octanol–water partition coefficient (Wildman–Crippen LogP) is 3.89. The first-order chi connectivity index (χ1) is 19.4. The fourth-order valence-corrected chi connectivity index (χ4v) is 10.3. The van der Waals surface area contributed by atoms with Crippen LogP contribution in [0.5, 0.6) is 0 Å². The van der Waals surface area contributed by atoms with E-state index in [9.17, 15) is 19.5 Å². The number of carbonyl (C=O) groups excluding carboxylic acids is 3. The fourth-order valence-electron chi connectivity index (χ4n) is 10.3. The van der Waals surface area contributed by atoms with Crippen molar-refractivity contribution in [1.29, 1.82) is 0 Å². The van der Waals surface area contributed by atoms with E-state index in [4.69, 9.17) is 23.7 Å². The number of Topliss-reactive ketones (excluding diaryl/α,β-unsaturated/α-hetero) is 1. The summed E-state index contributed by atoms with van der Waals surface area (Å²) in [7, 11) is 1.56. The lowest BCUT2D eigenvalue weighted by atomic mass is 9.43. The van der Waals surface area contributed by atoms with Gasteiger partial charge < -0.3 is 28.8 Å². The number of ketones is 1. The lowest BCUT2D eigenvalue weighted by Crippen LogP contribution is -2.62. The highest BCUT2D eigenvalue weighted by atomic mass is 16.7. The van der Waals surface area contributed by atoms with Gasteiger partial charge in [-0.05, 0) is 80.6 Å². The maximum atomic E-state index is 12.7. The van der Waals surface area contributed by atoms with Gasteiger partial charge in [-0.15, -0.1) is 0 Å². The summed E-state index contributed by atoms with van der Waals surface area (Å²) >= 11 is 0. The number of cyclic esters (lactones) is 1. The molecule has 9 heteroatoms. The molecule has 1 N–H and O–H groups in total. The molecule has 1 saturated heterocycles. The minimum absolute atomic E-state index is 0.0300. The van der Waals surface area contributed by atoms with E-state index in [0.29, 0.717) is 24.7 Å². The van der Waals surface area contributed by atoms with Gasteiger partial charge in [0, 0.05) is 44.3 Å². The molecule has 4 saturated carbocycles. The fraction of sp³-hybridized carbons (Fsp3) is 0.844. The van der Waals surface area contributed by atoms with Crippen molar-refractivity contribution in [2.75, 3.05) is 13.7 Å². The number of ether oxygens (including phenoxy) is 5. The zero-order valence-electron chi connectivity index (χ0n) is 25.1. The Labute approximate surface area is 242 Å². The lowest BCUT2D eigenvalue weighted by Gasteiger charge is -2.63. The number of esters is 2. The Hall–Kier alpha value is -1.81. The summed E-state index contributed by atoms with van der Waals surface area (Å²) in [4.78, 5) is 36.4. The van der Waals surface area contributed by atoms with Crippen LogP contribution in [0, 0.1) is 34.5 Å². The first-order valence-corrected chi connectivity index (χ1v) is 15.5. The molecule has 228 valence electrons. The minimum atomic E-state index is -0.998. The monoisotopic (exact) mass is 574 g/mol. The molecule has 6 rings (SSSR count). The Morgan fingerprint density at radius 1 is 1.07 bits per heavy atom. The summed E-state index contributed by atoms with van der Waals surface area (Å²) in [6.45, 7) is 7.93. The van der Waals surface area contributed by atoms with Crippen LogP contribution in [-0.2, 0) is 38.1 Å². The molecule has 0 bridgehead atoms. The smallest absolute Gasteiger partial charge is 0.331 e. The molecule has 9 nitrogen and oxygen atoms in total. The number of methoxy groups -OCH3 is 1. The van der Waals surface area contributed by atoms with Crippen LogP contribution in [0.3, 0.4) is 0 Å². The highest BCUT2D eigenvalue weighted by Gasteiger charge is 2.71. The molecular formula is C32H46O9. The standard InChI is InChI=1S/C32H46O9/c1-17-29(35)24(37-5)14-27(39-17)41-21-8-10-30(3)20(13-21)6-7-23-22(30)9-11-31(4)28(19-12-26(34)38-16-19)25(40-18(2)33)15-32(23,31)36/h12,17,20-25,27-28,36H,6-11,13-16H2,1-5H3/t17?,20-,21+,22?,23-,24-,25+,27+,28+,30+,31-,32+/m1/s1. The molecule has 2 heterocycles. The van der Waals surface area contributed by atoms with Crippen molar-refractivity contribution in [3.63, 3.8) is 0 Å². The number of hydrogen-bond donors (Lipinski definition) is 1. The molecule has 4 aliphatic carbocycles. The van der Waals surface area contributed by atoms with E-state index >= 15 is 0 Å². The maximum absolute atomic E-state index is 12.7. The molecule has 5 fully saturated rings. The molecule has 41 heavy (non-hydrogen) atoms. The zero-order valence-corrected chi connectivity index (χ0v) is 25.1. The average molecular weight is 575 g/mol. The SMILES string of the molecule is CO[C@@H]1C[C@H](O[C@H]2CC[C@]3(C)C4CC[C@]5(C)[C@@H](C6=CC(=O)OC6)[C@@H](OC(C)=O)C[C@]5(O)[C@@H]4CC[C@@H]3C2)OC(C)C1=O. The molecule has 12 atom stereocenters. The number of rotatable bonds is 5. The Balaban J connectivity index is 1.20. The normalized spacial score (nSPS) is 49.4. The summed E-state index contributed by atoms with van der Waals surface area (Å²) in [5, 5.41) is 12.7. The van der Waals surface area contributed by atoms with E-state index in [-0.39, 0.29) is 47.7 Å². The second kappa shape index (κ2) is 10.4. The van der Waals surface area contributed by atoms with Gasteiger partial charge in [0.15, 0.2) is 12.1 Å². The molecule has 0 aromatic rings. The highest BCUT2D eigenvalue weighted by molar-refractivity contribution is 5.87. The van der Waals surface area contributed by atoms with Crippen LogP contribution in [0.2, 0.25) is 0 Å². The third kappa shape index (κ3) is 4.61. The summed E-state index contributed by atoms with van der Waals surface area (Å²) in [6, 6.07) is 0. The summed E-state index contributed by atoms with van der Waals surface area (Å²) in [6.07, 6.45) is 7.08. The topological polar surface area (TPSA) is 118 Å². The summed E-state index contributed by atoms with van der Waals surface area (Å²) < 4.78 is 28.9. The van der Waals surface area contributed by atoms with Gasteiger partial charge in [0.2, 0.25) is 0 Å². The third-order valence-electron chi connectivity index (χ3n) is 12.3. The van der Waals surface area contributed by atoms with Gasteiger partial charge in [-0.3, -0.25) is 9.59 Å². The number of aliphatic hydroxyl groups is 1. The zero-order chi connectivity index (χ0) is 29.3. The first kappa shape index (κ1) is 29.3. The van der Waals surface area contributed by atoms with Gasteiger partial charge in [0.1, 0.15) is 24.9 Å². The molecular weight excluding hydrogens is 528 g/mol. The van der Waals surface area contributed by atoms with Gasteiger partial charge in [0.05, 0.1) is 11.7 Å². The first-order valence-electron chi connectivity index (χ1n) is 15.5. The molecule has 6 aliphatic rings. The van der Waals surface area contributed by atoms with Crippen LogP contribution in [0.15, 0.2) is 11.6 Å². The van der Waals surface area contributed by atoms with E-state index < -0.39 is 35.6 Å². The van der Waals surface area contributed by atoms with Crippen LogP contribution in [-0.4, -0.2) is 72.9 Å². The van der Waals surface area contributed by atoms with Crippen LogP contribution in [0.1, 0.15) is 85.5 Å². The van der Waals surface area contributed by atoms with Crippen LogP contribution in [0.4, 0.5) is 0 Å². The molecule has 2 unspecified atom stereocenters. The van der Waals surface area contributed by atoms with E-state index in [1.807, 2.05) is 0 Å². The van der Waals surface area contributed by atoms with Crippen LogP contribution in [0.25, 0.3) is 0 Å². The Kier molecular flexibility index (Phi) is 7.44. The van der Waals surface area contributed by atoms with Crippen LogP contribution >= 0.6 is 0 Å². The number of hydrogen-bond acceptors (Lipinski definition) is 9. The van der Waals surface area contributed by atoms with Crippen molar-refractivity contribution >= 4 is 17.7 Å². The van der Waals surface area contributed by atoms with Gasteiger partial charge in [0.25, 0.3) is 0 Å². The van der Waals surface area contributed by atoms with Gasteiger partial charge >= 0.3 is 11.9 Å². The quantitative estimate of drug-likeness (QED) is 0.385. The summed E-state index contributed by atoms with van der Waals surface area (Å²) in [5.74, 6) is -0.0666. The van der Waals surface area contributed by atoms with Crippen molar-refractivity contribution in [1.82, 2.24) is 0 Å². The molecule has 0 spiro atoms. The maximum Gasteiger partial charge on any atom is 0.331 e. The van der Waals surface area contributed by atoms with E-state index in [1.54, 1.807) is 20.1 Å². The van der Waals surface area contributed by atoms with Gasteiger partial charge in [-0.2, -0.15) is 0 Å². The lowest BCUT2D eigenvalue weighted by molar-refractivity contribution is -0.244. The minimum Gasteiger partial charge on any atom is -0.462 e. The second-order valence-electron chi connectivity index (χ2n) is 14.1. The highest BCUT2D eigenvalue weighted by Crippen LogP contribution is 2.70. The van der Waals surface area contributed by atoms with E-state index in [1.165, 1.54) is 6.92 Å².